The number of benzene rings is 1. The van der Waals surface area contributed by atoms with Gasteiger partial charge in [-0.3, -0.25) is 0 Å². The SMILES string of the molecule is COC(=O)c1cc(Br)cc(PC2CCNCC2)c1C=N. The maximum atomic E-state index is 11.8. The van der Waals surface area contributed by atoms with Crippen molar-refractivity contribution in [3.8, 4) is 0 Å². The summed E-state index contributed by atoms with van der Waals surface area (Å²) in [4.78, 5) is 11.8. The van der Waals surface area contributed by atoms with Gasteiger partial charge in [0, 0.05) is 16.3 Å². The minimum Gasteiger partial charge on any atom is -0.465 e. The van der Waals surface area contributed by atoms with Crippen LogP contribution in [0.5, 0.6) is 0 Å². The van der Waals surface area contributed by atoms with Gasteiger partial charge in [-0.2, -0.15) is 0 Å². The van der Waals surface area contributed by atoms with Gasteiger partial charge >= 0.3 is 5.97 Å². The van der Waals surface area contributed by atoms with Crippen LogP contribution in [0.4, 0.5) is 0 Å². The molecule has 1 unspecified atom stereocenters. The molecule has 0 spiro atoms. The summed E-state index contributed by atoms with van der Waals surface area (Å²) in [6, 6.07) is 3.75. The van der Waals surface area contributed by atoms with Gasteiger partial charge in [0.2, 0.25) is 0 Å². The van der Waals surface area contributed by atoms with Gasteiger partial charge < -0.3 is 15.5 Å². The quantitative estimate of drug-likeness (QED) is 0.494. The van der Waals surface area contributed by atoms with Gasteiger partial charge in [-0.1, -0.05) is 24.5 Å². The fourth-order valence-electron chi connectivity index (χ4n) is 2.36. The van der Waals surface area contributed by atoms with Gasteiger partial charge in [-0.05, 0) is 49.0 Å². The van der Waals surface area contributed by atoms with E-state index in [0.717, 1.165) is 35.7 Å². The van der Waals surface area contributed by atoms with Crippen LogP contribution in [0.3, 0.4) is 0 Å². The summed E-state index contributed by atoms with van der Waals surface area (Å²) in [7, 11) is 1.98. The summed E-state index contributed by atoms with van der Waals surface area (Å²) in [5, 5.41) is 12.1. The van der Waals surface area contributed by atoms with Crippen molar-refractivity contribution in [2.24, 2.45) is 0 Å². The molecule has 1 aromatic carbocycles. The molecule has 1 heterocycles. The Balaban J connectivity index is 2.33. The molecule has 6 heteroatoms. The molecule has 108 valence electrons. The van der Waals surface area contributed by atoms with Crippen molar-refractivity contribution in [2.75, 3.05) is 20.2 Å². The summed E-state index contributed by atoms with van der Waals surface area (Å²) in [6.07, 6.45) is 3.56. The van der Waals surface area contributed by atoms with Crippen molar-refractivity contribution in [1.82, 2.24) is 5.32 Å². The number of nitrogens with one attached hydrogen (secondary N) is 2. The number of hydrogen-bond acceptors (Lipinski definition) is 4. The van der Waals surface area contributed by atoms with Crippen LogP contribution in [0.2, 0.25) is 0 Å². The maximum absolute atomic E-state index is 11.8. The molecule has 1 aliphatic rings. The normalized spacial score (nSPS) is 16.5. The Labute approximate surface area is 129 Å². The van der Waals surface area contributed by atoms with Crippen molar-refractivity contribution in [1.29, 1.82) is 5.41 Å². The van der Waals surface area contributed by atoms with Crippen molar-refractivity contribution < 1.29 is 9.53 Å². The van der Waals surface area contributed by atoms with Crippen molar-refractivity contribution in [3.05, 3.63) is 27.7 Å². The van der Waals surface area contributed by atoms with E-state index in [-0.39, 0.29) is 5.97 Å². The number of carbonyl (C=O) groups excluding carboxylic acids is 1. The lowest BCUT2D eigenvalue weighted by molar-refractivity contribution is 0.0600. The Hall–Kier alpha value is -0.770. The van der Waals surface area contributed by atoms with Crippen LogP contribution in [-0.2, 0) is 4.74 Å². The Bertz CT molecular complexity index is 516. The molecule has 0 saturated carbocycles. The fourth-order valence-corrected chi connectivity index (χ4v) is 4.65. The highest BCUT2D eigenvalue weighted by Gasteiger charge is 2.19. The number of esters is 1. The molecule has 1 fully saturated rings. The molecule has 0 bridgehead atoms. The predicted molar refractivity (Wildman–Crippen MR) is 87.2 cm³/mol. The summed E-state index contributed by atoms with van der Waals surface area (Å²) < 4.78 is 5.67. The fraction of sp³-hybridized carbons (Fsp3) is 0.429. The first kappa shape index (κ1) is 15.6. The molecule has 0 aromatic heterocycles. The lowest BCUT2D eigenvalue weighted by Gasteiger charge is -2.23. The molecule has 1 atom stereocenters. The van der Waals surface area contributed by atoms with Gasteiger partial charge in [0.1, 0.15) is 0 Å². The largest absolute Gasteiger partial charge is 0.465 e. The van der Waals surface area contributed by atoms with Gasteiger partial charge in [0.05, 0.1) is 12.7 Å². The average Bonchev–Trinajstić information content (AvgIpc) is 2.47. The highest BCUT2D eigenvalue weighted by molar-refractivity contribution is 9.10. The molecule has 0 radical (unpaired) electrons. The average molecular weight is 357 g/mol. The maximum Gasteiger partial charge on any atom is 0.338 e. The van der Waals surface area contributed by atoms with Crippen LogP contribution in [-0.4, -0.2) is 38.0 Å². The standard InChI is InChI=1S/C14H18BrN2O2P/c1-19-14(18)11-6-9(15)7-13(12(11)8-16)20-10-2-4-17-5-3-10/h6-8,10,16-17,20H,2-5H2,1H3. The molecule has 20 heavy (non-hydrogen) atoms. The Kier molecular flexibility index (Phi) is 5.70. The summed E-state index contributed by atoms with van der Waals surface area (Å²) in [5.41, 5.74) is 1.79. The van der Waals surface area contributed by atoms with E-state index in [1.807, 2.05) is 6.07 Å². The van der Waals surface area contributed by atoms with E-state index >= 15 is 0 Å². The van der Waals surface area contributed by atoms with Gasteiger partial charge in [0.15, 0.2) is 0 Å². The Morgan fingerprint density at radius 3 is 2.80 bits per heavy atom. The van der Waals surface area contributed by atoms with E-state index in [9.17, 15) is 4.79 Å². The molecule has 1 saturated heterocycles. The van der Waals surface area contributed by atoms with E-state index in [1.54, 1.807) is 6.07 Å². The number of hydrogen-bond donors (Lipinski definition) is 2. The molecule has 0 aliphatic carbocycles. The van der Waals surface area contributed by atoms with Crippen LogP contribution in [0.25, 0.3) is 0 Å². The minimum atomic E-state index is -0.388. The number of carbonyl (C=O) groups is 1. The first-order valence-corrected chi connectivity index (χ1v) is 8.42. The second-order valence-electron chi connectivity index (χ2n) is 4.72. The van der Waals surface area contributed by atoms with Crippen LogP contribution in [0.15, 0.2) is 16.6 Å². The van der Waals surface area contributed by atoms with Crippen LogP contribution < -0.4 is 10.6 Å². The van der Waals surface area contributed by atoms with Gasteiger partial charge in [0.25, 0.3) is 0 Å². The third-order valence-corrected chi connectivity index (χ3v) is 5.56. The number of methoxy groups -OCH3 is 1. The highest BCUT2D eigenvalue weighted by Crippen LogP contribution is 2.29. The molecule has 2 N–H and O–H groups in total. The van der Waals surface area contributed by atoms with E-state index < -0.39 is 0 Å². The summed E-state index contributed by atoms with van der Waals surface area (Å²) in [6.45, 7) is 2.10. The van der Waals surface area contributed by atoms with Crippen molar-refractivity contribution in [2.45, 2.75) is 18.5 Å². The Morgan fingerprint density at radius 1 is 1.50 bits per heavy atom. The number of ether oxygens (including phenoxy) is 1. The third kappa shape index (κ3) is 3.66. The summed E-state index contributed by atoms with van der Waals surface area (Å²) in [5.74, 6) is -0.388. The number of halogens is 1. The van der Waals surface area contributed by atoms with Crippen LogP contribution in [0, 0.1) is 5.41 Å². The predicted octanol–water partition coefficient (Wildman–Crippen LogP) is 2.29. The molecule has 2 rings (SSSR count). The van der Waals surface area contributed by atoms with Crippen LogP contribution >= 0.6 is 24.5 Å². The first-order chi connectivity index (χ1) is 9.65. The Morgan fingerprint density at radius 2 is 2.20 bits per heavy atom. The third-order valence-electron chi connectivity index (χ3n) is 3.39. The van der Waals surface area contributed by atoms with E-state index in [1.165, 1.54) is 13.3 Å². The zero-order valence-corrected chi connectivity index (χ0v) is 13.9. The van der Waals surface area contributed by atoms with E-state index in [4.69, 9.17) is 10.1 Å². The smallest absolute Gasteiger partial charge is 0.338 e. The minimum absolute atomic E-state index is 0.388. The number of piperidine rings is 1. The molecule has 0 amide bonds. The molecule has 1 aliphatic heterocycles. The van der Waals surface area contributed by atoms with Crippen molar-refractivity contribution >= 4 is 42.0 Å². The first-order valence-electron chi connectivity index (χ1n) is 6.55. The van der Waals surface area contributed by atoms with Crippen LogP contribution in [0.1, 0.15) is 28.8 Å². The second-order valence-corrected chi connectivity index (χ2v) is 7.28. The lowest BCUT2D eigenvalue weighted by Crippen LogP contribution is -2.30. The molecule has 4 nitrogen and oxygen atoms in total. The highest BCUT2D eigenvalue weighted by atomic mass is 79.9. The zero-order valence-electron chi connectivity index (χ0n) is 11.3. The van der Waals surface area contributed by atoms with Gasteiger partial charge in [-0.15, -0.1) is 0 Å². The van der Waals surface area contributed by atoms with Gasteiger partial charge in [-0.25, -0.2) is 4.79 Å². The lowest BCUT2D eigenvalue weighted by atomic mass is 10.1. The van der Waals surface area contributed by atoms with E-state index in [0.29, 0.717) is 25.4 Å². The van der Waals surface area contributed by atoms with Crippen molar-refractivity contribution in [3.63, 3.8) is 0 Å². The monoisotopic (exact) mass is 356 g/mol. The molecular formula is C14H18BrN2O2P. The second kappa shape index (κ2) is 7.30. The number of rotatable bonds is 4. The molecular weight excluding hydrogens is 339 g/mol. The molecule has 1 aromatic rings. The topological polar surface area (TPSA) is 62.2 Å². The van der Waals surface area contributed by atoms with E-state index in [2.05, 4.69) is 21.2 Å². The summed E-state index contributed by atoms with van der Waals surface area (Å²) >= 11 is 3.45. The zero-order chi connectivity index (χ0) is 14.5.